The highest BCUT2D eigenvalue weighted by molar-refractivity contribution is 5.77. The predicted molar refractivity (Wildman–Crippen MR) is 66.0 cm³/mol. The third-order valence-corrected chi connectivity index (χ3v) is 2.92. The summed E-state index contributed by atoms with van der Waals surface area (Å²) >= 11 is 0. The molecule has 1 saturated heterocycles. The van der Waals surface area contributed by atoms with Crippen molar-refractivity contribution in [2.45, 2.75) is 12.5 Å². The Hall–Kier alpha value is -1.55. The lowest BCUT2D eigenvalue weighted by Crippen LogP contribution is -2.35. The van der Waals surface area contributed by atoms with Crippen molar-refractivity contribution in [1.82, 2.24) is 10.2 Å². The van der Waals surface area contributed by atoms with Crippen LogP contribution < -0.4 is 10.1 Å². The molecule has 1 fully saturated rings. The summed E-state index contributed by atoms with van der Waals surface area (Å²) in [7, 11) is 1.66. The van der Waals surface area contributed by atoms with Crippen molar-refractivity contribution in [1.29, 1.82) is 0 Å². The second-order valence-electron chi connectivity index (χ2n) is 4.25. The Morgan fingerprint density at radius 1 is 1.47 bits per heavy atom. The lowest BCUT2D eigenvalue weighted by molar-refractivity contribution is -0.121. The minimum Gasteiger partial charge on any atom is -0.489 e. The van der Waals surface area contributed by atoms with Crippen molar-refractivity contribution >= 4 is 5.91 Å². The summed E-state index contributed by atoms with van der Waals surface area (Å²) in [5, 5.41) is 2.63. The van der Waals surface area contributed by atoms with Gasteiger partial charge in [-0.2, -0.15) is 0 Å². The molecule has 0 radical (unpaired) electrons. The molecule has 17 heavy (non-hydrogen) atoms. The molecule has 4 nitrogen and oxygen atoms in total. The van der Waals surface area contributed by atoms with E-state index in [4.69, 9.17) is 4.74 Å². The number of carbonyl (C=O) groups excluding carboxylic acids is 1. The number of likely N-dealkylation sites (N-methyl/N-ethyl adjacent to an activating group) is 1. The van der Waals surface area contributed by atoms with E-state index >= 15 is 0 Å². The van der Waals surface area contributed by atoms with Gasteiger partial charge in [-0.05, 0) is 18.6 Å². The van der Waals surface area contributed by atoms with Gasteiger partial charge in [-0.25, -0.2) is 0 Å². The van der Waals surface area contributed by atoms with Gasteiger partial charge in [0.05, 0.1) is 6.54 Å². The van der Waals surface area contributed by atoms with Gasteiger partial charge in [0.15, 0.2) is 0 Å². The Balaban J connectivity index is 1.80. The number of benzene rings is 1. The number of rotatable bonds is 4. The molecule has 0 saturated carbocycles. The highest BCUT2D eigenvalue weighted by Gasteiger charge is 2.24. The zero-order valence-electron chi connectivity index (χ0n) is 10.1. The van der Waals surface area contributed by atoms with Crippen molar-refractivity contribution in [2.24, 2.45) is 0 Å². The maximum absolute atomic E-state index is 11.2. The van der Waals surface area contributed by atoms with E-state index in [9.17, 15) is 4.79 Å². The number of carbonyl (C=O) groups is 1. The van der Waals surface area contributed by atoms with Gasteiger partial charge < -0.3 is 10.1 Å². The summed E-state index contributed by atoms with van der Waals surface area (Å²) in [5.41, 5.74) is 0. The molecule has 1 heterocycles. The molecule has 1 atom stereocenters. The van der Waals surface area contributed by atoms with Gasteiger partial charge in [-0.3, -0.25) is 9.69 Å². The lowest BCUT2D eigenvalue weighted by Gasteiger charge is -2.15. The molecule has 2 rings (SSSR count). The van der Waals surface area contributed by atoms with Gasteiger partial charge in [0, 0.05) is 20.1 Å². The molecule has 1 aliphatic rings. The number of ether oxygens (including phenoxy) is 1. The Bertz CT molecular complexity index is 367. The van der Waals surface area contributed by atoms with Crippen LogP contribution in [0.5, 0.6) is 5.75 Å². The first-order valence-electron chi connectivity index (χ1n) is 5.92. The Kier molecular flexibility index (Phi) is 3.98. The third kappa shape index (κ3) is 3.46. The standard InChI is InChI=1S/C13H18N2O2/c1-14-13(16)10-15-8-7-12(9-15)17-11-5-3-2-4-6-11/h2-6,12H,7-10H2,1H3,(H,14,16). The Labute approximate surface area is 102 Å². The topological polar surface area (TPSA) is 41.6 Å². The molecule has 1 amide bonds. The molecule has 0 bridgehead atoms. The first-order chi connectivity index (χ1) is 8.28. The maximum Gasteiger partial charge on any atom is 0.233 e. The van der Waals surface area contributed by atoms with Crippen LogP contribution in [0.25, 0.3) is 0 Å². The number of likely N-dealkylation sites (tertiary alicyclic amines) is 1. The van der Waals surface area contributed by atoms with Gasteiger partial charge >= 0.3 is 0 Å². The van der Waals surface area contributed by atoms with Gasteiger partial charge in [0.1, 0.15) is 11.9 Å². The SMILES string of the molecule is CNC(=O)CN1CCC(Oc2ccccc2)C1. The number of nitrogens with zero attached hydrogens (tertiary/aromatic N) is 1. The van der Waals surface area contributed by atoms with Crippen molar-refractivity contribution in [3.05, 3.63) is 30.3 Å². The minimum absolute atomic E-state index is 0.0605. The van der Waals surface area contributed by atoms with E-state index in [1.807, 2.05) is 30.3 Å². The fraction of sp³-hybridized carbons (Fsp3) is 0.462. The quantitative estimate of drug-likeness (QED) is 0.841. The summed E-state index contributed by atoms with van der Waals surface area (Å²) in [5.74, 6) is 0.963. The van der Waals surface area contributed by atoms with Crippen LogP contribution in [0.3, 0.4) is 0 Å². The lowest BCUT2D eigenvalue weighted by atomic mass is 10.3. The molecular weight excluding hydrogens is 216 g/mol. The highest BCUT2D eigenvalue weighted by atomic mass is 16.5. The number of nitrogens with one attached hydrogen (secondary N) is 1. The van der Waals surface area contributed by atoms with Crippen molar-refractivity contribution in [3.63, 3.8) is 0 Å². The van der Waals surface area contributed by atoms with E-state index in [0.717, 1.165) is 25.3 Å². The van der Waals surface area contributed by atoms with E-state index in [1.54, 1.807) is 7.05 Å². The maximum atomic E-state index is 11.2. The van der Waals surface area contributed by atoms with Crippen LogP contribution in [0.2, 0.25) is 0 Å². The van der Waals surface area contributed by atoms with Gasteiger partial charge in [0.2, 0.25) is 5.91 Å². The van der Waals surface area contributed by atoms with Crippen LogP contribution >= 0.6 is 0 Å². The zero-order chi connectivity index (χ0) is 12.1. The molecule has 1 aromatic carbocycles. The van der Waals surface area contributed by atoms with Crippen molar-refractivity contribution in [3.8, 4) is 5.75 Å². The van der Waals surface area contributed by atoms with Crippen LogP contribution in [0.15, 0.2) is 30.3 Å². The summed E-state index contributed by atoms with van der Waals surface area (Å²) < 4.78 is 5.85. The fourth-order valence-electron chi connectivity index (χ4n) is 2.01. The number of amides is 1. The van der Waals surface area contributed by atoms with Crippen LogP contribution in [-0.2, 0) is 4.79 Å². The largest absolute Gasteiger partial charge is 0.489 e. The van der Waals surface area contributed by atoms with Crippen LogP contribution in [0, 0.1) is 0 Å². The summed E-state index contributed by atoms with van der Waals surface area (Å²) in [6.45, 7) is 2.21. The van der Waals surface area contributed by atoms with E-state index < -0.39 is 0 Å². The molecule has 1 aliphatic heterocycles. The first-order valence-corrected chi connectivity index (χ1v) is 5.92. The monoisotopic (exact) mass is 234 g/mol. The van der Waals surface area contributed by atoms with Crippen molar-refractivity contribution in [2.75, 3.05) is 26.7 Å². The highest BCUT2D eigenvalue weighted by Crippen LogP contribution is 2.17. The van der Waals surface area contributed by atoms with E-state index in [0.29, 0.717) is 6.54 Å². The molecule has 1 aromatic rings. The number of hydrogen-bond donors (Lipinski definition) is 1. The molecule has 1 unspecified atom stereocenters. The molecular formula is C13H18N2O2. The average molecular weight is 234 g/mol. The summed E-state index contributed by atoms with van der Waals surface area (Å²) in [6.07, 6.45) is 1.17. The van der Waals surface area contributed by atoms with Crippen LogP contribution in [-0.4, -0.2) is 43.6 Å². The first kappa shape index (κ1) is 11.9. The third-order valence-electron chi connectivity index (χ3n) is 2.92. The van der Waals surface area contributed by atoms with Gasteiger partial charge in [0.25, 0.3) is 0 Å². The van der Waals surface area contributed by atoms with Gasteiger partial charge in [-0.1, -0.05) is 18.2 Å². The van der Waals surface area contributed by atoms with E-state index in [1.165, 1.54) is 0 Å². The van der Waals surface area contributed by atoms with E-state index in [2.05, 4.69) is 10.2 Å². The number of para-hydroxylation sites is 1. The molecule has 4 heteroatoms. The van der Waals surface area contributed by atoms with E-state index in [-0.39, 0.29) is 12.0 Å². The summed E-state index contributed by atoms with van der Waals surface area (Å²) in [4.78, 5) is 13.4. The van der Waals surface area contributed by atoms with Crippen molar-refractivity contribution < 1.29 is 9.53 Å². The fourth-order valence-corrected chi connectivity index (χ4v) is 2.01. The zero-order valence-corrected chi connectivity index (χ0v) is 10.1. The number of hydrogen-bond acceptors (Lipinski definition) is 3. The summed E-state index contributed by atoms with van der Waals surface area (Å²) in [6, 6.07) is 9.82. The Morgan fingerprint density at radius 2 is 2.24 bits per heavy atom. The van der Waals surface area contributed by atoms with Crippen LogP contribution in [0.1, 0.15) is 6.42 Å². The smallest absolute Gasteiger partial charge is 0.233 e. The van der Waals surface area contributed by atoms with Gasteiger partial charge in [-0.15, -0.1) is 0 Å². The second-order valence-corrected chi connectivity index (χ2v) is 4.25. The molecule has 0 aromatic heterocycles. The van der Waals surface area contributed by atoms with Crippen LogP contribution in [0.4, 0.5) is 0 Å². The molecule has 1 N–H and O–H groups in total. The predicted octanol–water partition coefficient (Wildman–Crippen LogP) is 0.886. The normalized spacial score (nSPS) is 20.2. The Morgan fingerprint density at radius 3 is 2.94 bits per heavy atom. The minimum atomic E-state index is 0.0605. The molecule has 0 aliphatic carbocycles. The molecule has 0 spiro atoms. The second kappa shape index (κ2) is 5.68. The molecule has 92 valence electrons. The average Bonchev–Trinajstić information content (AvgIpc) is 2.77.